The summed E-state index contributed by atoms with van der Waals surface area (Å²) < 4.78 is 47.3. The van der Waals surface area contributed by atoms with Crippen LogP contribution in [0.3, 0.4) is 0 Å². The molecule has 0 saturated heterocycles. The average molecular weight is 500 g/mol. The van der Waals surface area contributed by atoms with E-state index in [1.54, 1.807) is 41.3 Å². The van der Waals surface area contributed by atoms with Gasteiger partial charge >= 0.3 is 0 Å². The topological polar surface area (TPSA) is 79.0 Å². The molecule has 0 saturated carbocycles. The quantitative estimate of drug-likeness (QED) is 0.435. The predicted octanol–water partition coefficient (Wildman–Crippen LogP) is 4.75. The second-order valence-corrected chi connectivity index (χ2v) is 9.94. The summed E-state index contributed by atoms with van der Waals surface area (Å²) in [5.74, 6) is -0.211. The number of carbonyl (C=O) groups is 1. The highest BCUT2D eigenvalue weighted by atomic mass is 32.2. The van der Waals surface area contributed by atoms with Crippen molar-refractivity contribution in [2.24, 2.45) is 0 Å². The number of benzene rings is 3. The molecular weight excluding hydrogens is 469 g/mol. The zero-order valence-electron chi connectivity index (χ0n) is 20.3. The Morgan fingerprint density at radius 3 is 2.34 bits per heavy atom. The van der Waals surface area contributed by atoms with Crippen LogP contribution in [0, 0.1) is 5.82 Å². The van der Waals surface area contributed by atoms with Crippen LogP contribution in [0.15, 0.2) is 71.6 Å². The molecule has 1 amide bonds. The average Bonchev–Trinajstić information content (AvgIpc) is 2.83. The first kappa shape index (κ1) is 26.0. The van der Waals surface area contributed by atoms with Crippen LogP contribution in [-0.4, -0.2) is 47.0 Å². The van der Waals surface area contributed by atoms with Gasteiger partial charge in [-0.05, 0) is 72.6 Å². The number of rotatable bonds is 10. The SMILES string of the molecule is CCCN(Cc1cc(NS(=O)(=O)c2ccc(OC)cc2)ccc1N(C)C)C(=O)c1cccc(F)c1. The van der Waals surface area contributed by atoms with E-state index < -0.39 is 15.8 Å². The number of methoxy groups -OCH3 is 1. The Balaban J connectivity index is 1.92. The van der Waals surface area contributed by atoms with Gasteiger partial charge in [-0.3, -0.25) is 9.52 Å². The third kappa shape index (κ3) is 6.51. The molecule has 35 heavy (non-hydrogen) atoms. The number of nitrogens with zero attached hydrogens (tertiary/aromatic N) is 2. The highest BCUT2D eigenvalue weighted by molar-refractivity contribution is 7.92. The Labute approximate surface area is 206 Å². The van der Waals surface area contributed by atoms with Crippen molar-refractivity contribution in [3.63, 3.8) is 0 Å². The Kier molecular flexibility index (Phi) is 8.34. The molecule has 0 radical (unpaired) electrons. The van der Waals surface area contributed by atoms with Crippen LogP contribution in [0.5, 0.6) is 5.75 Å². The van der Waals surface area contributed by atoms with Crippen LogP contribution in [0.4, 0.5) is 15.8 Å². The van der Waals surface area contributed by atoms with Crippen molar-refractivity contribution in [3.05, 3.63) is 83.7 Å². The minimum absolute atomic E-state index is 0.102. The standard InChI is InChI=1S/C26H30FN3O4S/c1-5-15-30(26(31)19-7-6-8-21(27)16-19)18-20-17-22(9-14-25(20)29(2)3)28-35(32,33)24-12-10-23(34-4)11-13-24/h6-14,16-17,28H,5,15,18H2,1-4H3. The van der Waals surface area contributed by atoms with Crippen LogP contribution >= 0.6 is 0 Å². The van der Waals surface area contributed by atoms with Crippen molar-refractivity contribution in [2.75, 3.05) is 37.4 Å². The molecule has 0 heterocycles. The smallest absolute Gasteiger partial charge is 0.261 e. The van der Waals surface area contributed by atoms with Crippen LogP contribution in [0.25, 0.3) is 0 Å². The first-order valence-corrected chi connectivity index (χ1v) is 12.6. The van der Waals surface area contributed by atoms with Gasteiger partial charge in [-0.2, -0.15) is 0 Å². The molecule has 7 nitrogen and oxygen atoms in total. The maximum absolute atomic E-state index is 13.7. The Morgan fingerprint density at radius 2 is 1.74 bits per heavy atom. The zero-order chi connectivity index (χ0) is 25.6. The minimum Gasteiger partial charge on any atom is -0.497 e. The third-order valence-corrected chi connectivity index (χ3v) is 6.79. The van der Waals surface area contributed by atoms with Crippen molar-refractivity contribution in [1.82, 2.24) is 4.90 Å². The molecule has 0 aliphatic heterocycles. The van der Waals surface area contributed by atoms with E-state index >= 15 is 0 Å². The Hall–Kier alpha value is -3.59. The van der Waals surface area contributed by atoms with Crippen LogP contribution in [-0.2, 0) is 16.6 Å². The van der Waals surface area contributed by atoms with E-state index in [4.69, 9.17) is 4.74 Å². The fraction of sp³-hybridized carbons (Fsp3) is 0.269. The van der Waals surface area contributed by atoms with Crippen molar-refractivity contribution < 1.29 is 22.3 Å². The molecule has 0 aliphatic rings. The number of carbonyl (C=O) groups excluding carboxylic acids is 1. The summed E-state index contributed by atoms with van der Waals surface area (Å²) in [5, 5.41) is 0. The third-order valence-electron chi connectivity index (χ3n) is 5.40. The van der Waals surface area contributed by atoms with Gasteiger partial charge in [-0.1, -0.05) is 13.0 Å². The first-order valence-electron chi connectivity index (χ1n) is 11.2. The van der Waals surface area contributed by atoms with Gasteiger partial charge in [0.25, 0.3) is 15.9 Å². The summed E-state index contributed by atoms with van der Waals surface area (Å²) in [6.07, 6.45) is 0.710. The van der Waals surface area contributed by atoms with Crippen LogP contribution in [0.1, 0.15) is 29.3 Å². The number of sulfonamides is 1. The largest absolute Gasteiger partial charge is 0.497 e. The summed E-state index contributed by atoms with van der Waals surface area (Å²) in [6, 6.07) is 16.9. The Bertz CT molecular complexity index is 1280. The van der Waals surface area contributed by atoms with Gasteiger partial charge in [0.15, 0.2) is 0 Å². The molecule has 0 fully saturated rings. The molecule has 0 atom stereocenters. The number of amides is 1. The lowest BCUT2D eigenvalue weighted by Gasteiger charge is -2.26. The lowest BCUT2D eigenvalue weighted by Crippen LogP contribution is -2.32. The normalized spacial score (nSPS) is 11.1. The lowest BCUT2D eigenvalue weighted by atomic mass is 10.1. The van der Waals surface area contributed by atoms with Crippen molar-refractivity contribution >= 4 is 27.3 Å². The van der Waals surface area contributed by atoms with Crippen molar-refractivity contribution in [3.8, 4) is 5.75 Å². The summed E-state index contributed by atoms with van der Waals surface area (Å²) >= 11 is 0. The van der Waals surface area contributed by atoms with E-state index in [-0.39, 0.29) is 22.9 Å². The number of halogens is 1. The number of anilines is 2. The van der Waals surface area contributed by atoms with E-state index in [1.807, 2.05) is 25.9 Å². The van der Waals surface area contributed by atoms with Crippen LogP contribution < -0.4 is 14.4 Å². The summed E-state index contributed by atoms with van der Waals surface area (Å²) in [5.41, 5.74) is 2.23. The van der Waals surface area contributed by atoms with Gasteiger partial charge < -0.3 is 14.5 Å². The van der Waals surface area contributed by atoms with E-state index in [0.717, 1.165) is 11.3 Å². The predicted molar refractivity (Wildman–Crippen MR) is 136 cm³/mol. The maximum atomic E-state index is 13.7. The van der Waals surface area contributed by atoms with E-state index in [2.05, 4.69) is 4.72 Å². The molecule has 3 rings (SSSR count). The number of hydrogen-bond donors (Lipinski definition) is 1. The van der Waals surface area contributed by atoms with Gasteiger partial charge in [-0.25, -0.2) is 12.8 Å². The minimum atomic E-state index is -3.83. The molecule has 3 aromatic rings. The van der Waals surface area contributed by atoms with Crippen molar-refractivity contribution in [2.45, 2.75) is 24.8 Å². The molecule has 186 valence electrons. The lowest BCUT2D eigenvalue weighted by molar-refractivity contribution is 0.0743. The van der Waals surface area contributed by atoms with Gasteiger partial charge in [0.2, 0.25) is 0 Å². The monoisotopic (exact) mass is 499 g/mol. The van der Waals surface area contributed by atoms with Gasteiger partial charge in [0, 0.05) is 44.1 Å². The molecule has 1 N–H and O–H groups in total. The van der Waals surface area contributed by atoms with E-state index in [1.165, 1.54) is 37.4 Å². The molecule has 0 unspecified atom stereocenters. The fourth-order valence-corrected chi connectivity index (χ4v) is 4.76. The summed E-state index contributed by atoms with van der Waals surface area (Å²) in [7, 11) is 1.43. The fourth-order valence-electron chi connectivity index (χ4n) is 3.71. The molecule has 9 heteroatoms. The van der Waals surface area contributed by atoms with E-state index in [0.29, 0.717) is 24.4 Å². The Morgan fingerprint density at radius 1 is 1.03 bits per heavy atom. The summed E-state index contributed by atoms with van der Waals surface area (Å²) in [4.78, 5) is 16.8. The second-order valence-electron chi connectivity index (χ2n) is 8.26. The molecule has 3 aromatic carbocycles. The first-order chi connectivity index (χ1) is 16.6. The van der Waals surface area contributed by atoms with E-state index in [9.17, 15) is 17.6 Å². The second kappa shape index (κ2) is 11.2. The number of ether oxygens (including phenoxy) is 1. The van der Waals surface area contributed by atoms with Gasteiger partial charge in [-0.15, -0.1) is 0 Å². The zero-order valence-corrected chi connectivity index (χ0v) is 21.1. The summed E-state index contributed by atoms with van der Waals surface area (Å²) in [6.45, 7) is 2.65. The molecule has 0 aliphatic carbocycles. The molecule has 0 aromatic heterocycles. The van der Waals surface area contributed by atoms with Crippen LogP contribution in [0.2, 0.25) is 0 Å². The van der Waals surface area contributed by atoms with Crippen molar-refractivity contribution in [1.29, 1.82) is 0 Å². The number of hydrogen-bond acceptors (Lipinski definition) is 5. The van der Waals surface area contributed by atoms with Gasteiger partial charge in [0.05, 0.1) is 12.0 Å². The van der Waals surface area contributed by atoms with Gasteiger partial charge in [0.1, 0.15) is 11.6 Å². The highest BCUT2D eigenvalue weighted by Gasteiger charge is 2.20. The highest BCUT2D eigenvalue weighted by Crippen LogP contribution is 2.27. The molecular formula is C26H30FN3O4S. The molecule has 0 spiro atoms. The number of nitrogens with one attached hydrogen (secondary N) is 1. The maximum Gasteiger partial charge on any atom is 0.261 e. The molecule has 0 bridgehead atoms.